The van der Waals surface area contributed by atoms with Crippen LogP contribution in [0.2, 0.25) is 0 Å². The lowest BCUT2D eigenvalue weighted by Crippen LogP contribution is -2.27. The molecule has 1 aromatic rings. The molecule has 6 nitrogen and oxygen atoms in total. The fourth-order valence-electron chi connectivity index (χ4n) is 0.702. The van der Waals surface area contributed by atoms with Crippen molar-refractivity contribution in [2.75, 3.05) is 7.05 Å². The maximum absolute atomic E-state index is 10.5. The van der Waals surface area contributed by atoms with Crippen molar-refractivity contribution in [1.29, 1.82) is 0 Å². The number of hydrazone groups is 1. The monoisotopic (exact) mass is 181 g/mol. The Morgan fingerprint density at radius 1 is 1.85 bits per heavy atom. The lowest BCUT2D eigenvalue weighted by atomic mass is 10.5. The third-order valence-electron chi connectivity index (χ3n) is 1.41. The van der Waals surface area contributed by atoms with Gasteiger partial charge in [-0.2, -0.15) is 5.10 Å². The molecule has 0 aliphatic carbocycles. The second kappa shape index (κ2) is 3.70. The number of urea groups is 1. The minimum atomic E-state index is -0.604. The molecule has 0 unspecified atom stereocenters. The molecule has 0 aliphatic heterocycles. The summed E-state index contributed by atoms with van der Waals surface area (Å²) in [6.45, 7) is 0. The number of nitrogens with two attached hydrogens (primary N) is 1. The maximum Gasteiger partial charge on any atom is 0.334 e. The second-order valence-electron chi connectivity index (χ2n) is 2.57. The summed E-state index contributed by atoms with van der Waals surface area (Å²) in [6, 6.07) is -0.604. The van der Waals surface area contributed by atoms with Gasteiger partial charge in [-0.15, -0.1) is 0 Å². The number of carbonyl (C=O) groups is 1. The largest absolute Gasteiger partial charge is 0.350 e. The summed E-state index contributed by atoms with van der Waals surface area (Å²) < 4.78 is 1.78. The van der Waals surface area contributed by atoms with Gasteiger partial charge in [0, 0.05) is 20.3 Å². The van der Waals surface area contributed by atoms with Crippen molar-refractivity contribution in [3.8, 4) is 0 Å². The smallest absolute Gasteiger partial charge is 0.334 e. The SMILES string of the molecule is CN(/N=C/c1cn(C)cn1)C(N)=O. The molecular formula is C7H11N5O. The Hall–Kier alpha value is -1.85. The second-order valence-corrected chi connectivity index (χ2v) is 2.57. The molecule has 0 saturated carbocycles. The zero-order chi connectivity index (χ0) is 9.84. The van der Waals surface area contributed by atoms with Crippen LogP contribution in [-0.2, 0) is 7.05 Å². The van der Waals surface area contributed by atoms with Gasteiger partial charge in [-0.25, -0.2) is 14.8 Å². The first-order valence-electron chi connectivity index (χ1n) is 3.64. The normalized spacial score (nSPS) is 10.6. The third kappa shape index (κ3) is 2.58. The zero-order valence-corrected chi connectivity index (χ0v) is 7.51. The van der Waals surface area contributed by atoms with Crippen LogP contribution in [-0.4, -0.2) is 33.9 Å². The Bertz CT molecular complexity index is 329. The highest BCUT2D eigenvalue weighted by atomic mass is 16.2. The summed E-state index contributed by atoms with van der Waals surface area (Å²) in [6.07, 6.45) is 4.88. The quantitative estimate of drug-likeness (QED) is 0.505. The van der Waals surface area contributed by atoms with Gasteiger partial charge >= 0.3 is 6.03 Å². The van der Waals surface area contributed by atoms with Crippen LogP contribution in [0.25, 0.3) is 0 Å². The van der Waals surface area contributed by atoms with E-state index in [0.29, 0.717) is 5.69 Å². The lowest BCUT2D eigenvalue weighted by molar-refractivity contribution is 0.220. The molecule has 0 aliphatic rings. The topological polar surface area (TPSA) is 76.5 Å². The molecular weight excluding hydrogens is 170 g/mol. The van der Waals surface area contributed by atoms with Crippen molar-refractivity contribution in [2.24, 2.45) is 17.9 Å². The fourth-order valence-corrected chi connectivity index (χ4v) is 0.702. The van der Waals surface area contributed by atoms with E-state index in [4.69, 9.17) is 5.73 Å². The van der Waals surface area contributed by atoms with Gasteiger partial charge in [0.25, 0.3) is 0 Å². The Balaban J connectivity index is 2.63. The number of hydrogen-bond donors (Lipinski definition) is 1. The van der Waals surface area contributed by atoms with E-state index in [0.717, 1.165) is 5.01 Å². The molecule has 70 valence electrons. The molecule has 0 saturated heterocycles. The molecule has 6 heteroatoms. The number of imidazole rings is 1. The van der Waals surface area contributed by atoms with Crippen molar-refractivity contribution in [2.45, 2.75) is 0 Å². The van der Waals surface area contributed by atoms with Crippen molar-refractivity contribution in [1.82, 2.24) is 14.6 Å². The summed E-state index contributed by atoms with van der Waals surface area (Å²) in [7, 11) is 3.32. The average molecular weight is 181 g/mol. The van der Waals surface area contributed by atoms with Crippen LogP contribution in [0.5, 0.6) is 0 Å². The standard InChI is InChI=1S/C7H11N5O/c1-11-4-6(9-5-11)3-10-12(2)7(8)13/h3-5H,1-2H3,(H2,8,13)/b10-3+. The number of nitrogens with zero attached hydrogens (tertiary/aromatic N) is 4. The van der Waals surface area contributed by atoms with Crippen LogP contribution in [0.3, 0.4) is 0 Å². The first-order chi connectivity index (χ1) is 6.09. The molecule has 1 rings (SSSR count). The number of carbonyl (C=O) groups excluding carboxylic acids is 1. The summed E-state index contributed by atoms with van der Waals surface area (Å²) in [5.74, 6) is 0. The highest BCUT2D eigenvalue weighted by Crippen LogP contribution is 1.90. The molecule has 0 aromatic carbocycles. The van der Waals surface area contributed by atoms with Gasteiger partial charge in [0.1, 0.15) is 5.69 Å². The first-order valence-corrected chi connectivity index (χ1v) is 3.64. The predicted molar refractivity (Wildman–Crippen MR) is 48.1 cm³/mol. The van der Waals surface area contributed by atoms with Crippen molar-refractivity contribution >= 4 is 12.2 Å². The average Bonchev–Trinajstić information content (AvgIpc) is 2.47. The predicted octanol–water partition coefficient (Wildman–Crippen LogP) is -0.235. The van der Waals surface area contributed by atoms with E-state index < -0.39 is 6.03 Å². The van der Waals surface area contributed by atoms with E-state index in [9.17, 15) is 4.79 Å². The van der Waals surface area contributed by atoms with E-state index in [1.807, 2.05) is 7.05 Å². The summed E-state index contributed by atoms with van der Waals surface area (Å²) in [4.78, 5) is 14.5. The Kier molecular flexibility index (Phi) is 2.63. The minimum Gasteiger partial charge on any atom is -0.350 e. The molecule has 2 amide bonds. The van der Waals surface area contributed by atoms with Gasteiger partial charge in [0.15, 0.2) is 0 Å². The molecule has 13 heavy (non-hydrogen) atoms. The molecule has 0 spiro atoms. The summed E-state index contributed by atoms with van der Waals surface area (Å²) >= 11 is 0. The van der Waals surface area contributed by atoms with E-state index >= 15 is 0 Å². The number of aromatic nitrogens is 2. The first kappa shape index (κ1) is 9.24. The van der Waals surface area contributed by atoms with Crippen LogP contribution in [0, 0.1) is 0 Å². The summed E-state index contributed by atoms with van der Waals surface area (Å²) in [5, 5.41) is 4.80. The molecule has 2 N–H and O–H groups in total. The Morgan fingerprint density at radius 3 is 3.00 bits per heavy atom. The van der Waals surface area contributed by atoms with Gasteiger partial charge in [0.05, 0.1) is 12.5 Å². The number of rotatable bonds is 2. The lowest BCUT2D eigenvalue weighted by Gasteiger charge is -2.04. The Morgan fingerprint density at radius 2 is 2.54 bits per heavy atom. The number of amides is 2. The van der Waals surface area contributed by atoms with Gasteiger partial charge in [-0.3, -0.25) is 0 Å². The fraction of sp³-hybridized carbons (Fsp3) is 0.286. The van der Waals surface area contributed by atoms with Crippen LogP contribution in [0.4, 0.5) is 4.79 Å². The zero-order valence-electron chi connectivity index (χ0n) is 7.51. The maximum atomic E-state index is 10.5. The molecule has 0 fully saturated rings. The molecule has 1 aromatic heterocycles. The highest BCUT2D eigenvalue weighted by molar-refractivity contribution is 5.79. The molecule has 1 heterocycles. The van der Waals surface area contributed by atoms with E-state index in [1.165, 1.54) is 13.3 Å². The van der Waals surface area contributed by atoms with Gasteiger partial charge < -0.3 is 10.3 Å². The van der Waals surface area contributed by atoms with E-state index in [1.54, 1.807) is 17.1 Å². The highest BCUT2D eigenvalue weighted by Gasteiger charge is 1.98. The number of aryl methyl sites for hydroxylation is 1. The number of hydrogen-bond acceptors (Lipinski definition) is 3. The van der Waals surface area contributed by atoms with Crippen LogP contribution in [0.1, 0.15) is 5.69 Å². The molecule has 0 radical (unpaired) electrons. The van der Waals surface area contributed by atoms with Crippen LogP contribution >= 0.6 is 0 Å². The number of primary amides is 1. The van der Waals surface area contributed by atoms with Gasteiger partial charge in [0.2, 0.25) is 0 Å². The van der Waals surface area contributed by atoms with Crippen molar-refractivity contribution in [3.05, 3.63) is 18.2 Å². The van der Waals surface area contributed by atoms with E-state index in [2.05, 4.69) is 10.1 Å². The van der Waals surface area contributed by atoms with Crippen molar-refractivity contribution in [3.63, 3.8) is 0 Å². The minimum absolute atomic E-state index is 0.604. The third-order valence-corrected chi connectivity index (χ3v) is 1.41. The van der Waals surface area contributed by atoms with Gasteiger partial charge in [-0.1, -0.05) is 0 Å². The molecule has 0 bridgehead atoms. The van der Waals surface area contributed by atoms with E-state index in [-0.39, 0.29) is 0 Å². The van der Waals surface area contributed by atoms with Gasteiger partial charge in [-0.05, 0) is 0 Å². The summed E-state index contributed by atoms with van der Waals surface area (Å²) in [5.41, 5.74) is 5.63. The Labute approximate surface area is 75.7 Å². The van der Waals surface area contributed by atoms with Crippen molar-refractivity contribution < 1.29 is 4.79 Å². The molecule has 0 atom stereocenters. The van der Waals surface area contributed by atoms with Crippen LogP contribution < -0.4 is 5.73 Å². The van der Waals surface area contributed by atoms with Crippen LogP contribution in [0.15, 0.2) is 17.6 Å².